The highest BCUT2D eigenvalue weighted by Crippen LogP contribution is 2.38. The number of hydrogen-bond acceptors (Lipinski definition) is 3. The lowest BCUT2D eigenvalue weighted by Gasteiger charge is -2.29. The first-order valence-corrected chi connectivity index (χ1v) is 10.8. The van der Waals surface area contributed by atoms with E-state index in [-0.39, 0.29) is 6.04 Å². The van der Waals surface area contributed by atoms with E-state index in [4.69, 9.17) is 0 Å². The lowest BCUT2D eigenvalue weighted by Crippen LogP contribution is -2.39. The van der Waals surface area contributed by atoms with E-state index in [0.717, 1.165) is 29.5 Å². The number of fused-ring (bicyclic) bond motifs is 1. The summed E-state index contributed by atoms with van der Waals surface area (Å²) in [6, 6.07) is 17.0. The predicted molar refractivity (Wildman–Crippen MR) is 108 cm³/mol. The molecule has 0 amide bonds. The van der Waals surface area contributed by atoms with Gasteiger partial charge in [0, 0.05) is 24.2 Å². The van der Waals surface area contributed by atoms with Gasteiger partial charge in [0.2, 0.25) is 10.0 Å². The molecule has 1 aromatic heterocycles. The van der Waals surface area contributed by atoms with Crippen LogP contribution in [0.4, 0.5) is 0 Å². The highest BCUT2D eigenvalue weighted by atomic mass is 32.2. The second-order valence-corrected chi connectivity index (χ2v) is 9.25. The third-order valence-electron chi connectivity index (χ3n) is 5.46. The minimum absolute atomic E-state index is 0.0248. The molecule has 27 heavy (non-hydrogen) atoms. The van der Waals surface area contributed by atoms with E-state index in [1.807, 2.05) is 56.3 Å². The molecule has 0 radical (unpaired) electrons. The van der Waals surface area contributed by atoms with Crippen molar-refractivity contribution in [1.82, 2.24) is 9.29 Å². The molecule has 3 aromatic rings. The molecule has 4 rings (SSSR count). The Hall–Kier alpha value is -2.24. The maximum absolute atomic E-state index is 13.7. The summed E-state index contributed by atoms with van der Waals surface area (Å²) in [4.78, 5) is 4.75. The molecule has 4 nitrogen and oxygen atoms in total. The summed E-state index contributed by atoms with van der Waals surface area (Å²) in [5.74, 6) is 0.443. The molecule has 1 unspecified atom stereocenters. The van der Waals surface area contributed by atoms with Crippen LogP contribution in [0, 0.1) is 12.8 Å². The van der Waals surface area contributed by atoms with Gasteiger partial charge in [-0.15, -0.1) is 0 Å². The fourth-order valence-electron chi connectivity index (χ4n) is 3.66. The topological polar surface area (TPSA) is 50.3 Å². The molecule has 0 aliphatic heterocycles. The van der Waals surface area contributed by atoms with E-state index >= 15 is 0 Å². The third kappa shape index (κ3) is 3.49. The van der Waals surface area contributed by atoms with Crippen LogP contribution >= 0.6 is 0 Å². The third-order valence-corrected chi connectivity index (χ3v) is 7.45. The van der Waals surface area contributed by atoms with Gasteiger partial charge in [-0.2, -0.15) is 4.31 Å². The van der Waals surface area contributed by atoms with Gasteiger partial charge in [-0.3, -0.25) is 4.98 Å². The van der Waals surface area contributed by atoms with Gasteiger partial charge < -0.3 is 0 Å². The van der Waals surface area contributed by atoms with Crippen LogP contribution in [0.5, 0.6) is 0 Å². The Morgan fingerprint density at radius 3 is 2.52 bits per heavy atom. The van der Waals surface area contributed by atoms with Crippen molar-refractivity contribution in [3.05, 3.63) is 71.9 Å². The number of pyridine rings is 1. The number of rotatable bonds is 6. The lowest BCUT2D eigenvalue weighted by atomic mass is 10.1. The van der Waals surface area contributed by atoms with Crippen molar-refractivity contribution < 1.29 is 8.42 Å². The SMILES string of the molecule is Cc1ccc(S(=O)(=O)N(Cc2ccccc2)C(C)C2CC2)c2cccnc12. The number of sulfonamides is 1. The first-order valence-electron chi connectivity index (χ1n) is 9.38. The van der Waals surface area contributed by atoms with Gasteiger partial charge in [-0.25, -0.2) is 8.42 Å². The van der Waals surface area contributed by atoms with Crippen LogP contribution in [0.15, 0.2) is 65.7 Å². The molecule has 1 heterocycles. The summed E-state index contributed by atoms with van der Waals surface area (Å²) in [6.07, 6.45) is 3.90. The summed E-state index contributed by atoms with van der Waals surface area (Å²) in [7, 11) is -3.65. The Morgan fingerprint density at radius 1 is 1.07 bits per heavy atom. The zero-order valence-corrected chi connectivity index (χ0v) is 16.5. The molecular formula is C22H24N2O2S. The average molecular weight is 381 g/mol. The highest BCUT2D eigenvalue weighted by molar-refractivity contribution is 7.89. The number of aryl methyl sites for hydroxylation is 1. The van der Waals surface area contributed by atoms with Gasteiger partial charge in [0.15, 0.2) is 0 Å². The molecule has 1 aliphatic carbocycles. The summed E-state index contributed by atoms with van der Waals surface area (Å²) in [5, 5.41) is 0.693. The van der Waals surface area contributed by atoms with Gasteiger partial charge in [-0.1, -0.05) is 36.4 Å². The van der Waals surface area contributed by atoms with Crippen molar-refractivity contribution in [2.24, 2.45) is 5.92 Å². The molecule has 1 aliphatic rings. The number of aromatic nitrogens is 1. The van der Waals surface area contributed by atoms with Gasteiger partial charge in [0.05, 0.1) is 10.4 Å². The van der Waals surface area contributed by atoms with Gasteiger partial charge >= 0.3 is 0 Å². The van der Waals surface area contributed by atoms with Crippen molar-refractivity contribution in [2.75, 3.05) is 0 Å². The summed E-state index contributed by atoms with van der Waals surface area (Å²) >= 11 is 0. The second-order valence-electron chi connectivity index (χ2n) is 7.39. The molecule has 0 bridgehead atoms. The largest absolute Gasteiger partial charge is 0.256 e. The van der Waals surface area contributed by atoms with E-state index in [1.165, 1.54) is 0 Å². The Labute approximate surface area is 160 Å². The molecule has 0 spiro atoms. The minimum Gasteiger partial charge on any atom is -0.256 e. The monoisotopic (exact) mass is 380 g/mol. The van der Waals surface area contributed by atoms with Crippen LogP contribution in [-0.2, 0) is 16.6 Å². The smallest absolute Gasteiger partial charge is 0.244 e. The van der Waals surface area contributed by atoms with Crippen LogP contribution in [0.2, 0.25) is 0 Å². The molecule has 0 saturated heterocycles. The first kappa shape index (κ1) is 18.1. The van der Waals surface area contributed by atoms with Gasteiger partial charge in [0.25, 0.3) is 0 Å². The Kier molecular flexibility index (Phi) is 4.74. The first-order chi connectivity index (χ1) is 13.0. The van der Waals surface area contributed by atoms with Crippen LogP contribution in [0.25, 0.3) is 10.9 Å². The maximum atomic E-state index is 13.7. The zero-order chi connectivity index (χ0) is 19.0. The predicted octanol–water partition coefficient (Wildman–Crippen LogP) is 4.53. The fraction of sp³-hybridized carbons (Fsp3) is 0.318. The number of hydrogen-bond donors (Lipinski definition) is 0. The van der Waals surface area contributed by atoms with Crippen molar-refractivity contribution in [3.63, 3.8) is 0 Å². The Balaban J connectivity index is 1.82. The molecule has 2 aromatic carbocycles. The minimum atomic E-state index is -3.65. The van der Waals surface area contributed by atoms with Crippen molar-refractivity contribution in [3.8, 4) is 0 Å². The van der Waals surface area contributed by atoms with Crippen LogP contribution in [-0.4, -0.2) is 23.7 Å². The van der Waals surface area contributed by atoms with E-state index in [0.29, 0.717) is 22.7 Å². The van der Waals surface area contributed by atoms with E-state index in [2.05, 4.69) is 4.98 Å². The Morgan fingerprint density at radius 2 is 1.81 bits per heavy atom. The van der Waals surface area contributed by atoms with E-state index in [1.54, 1.807) is 22.6 Å². The number of nitrogens with zero attached hydrogens (tertiary/aromatic N) is 2. The summed E-state index contributed by atoms with van der Waals surface area (Å²) in [5.41, 5.74) is 2.73. The van der Waals surface area contributed by atoms with Crippen molar-refractivity contribution in [2.45, 2.75) is 44.2 Å². The second kappa shape index (κ2) is 7.06. The van der Waals surface area contributed by atoms with Gasteiger partial charge in [0.1, 0.15) is 0 Å². The molecule has 1 atom stereocenters. The van der Waals surface area contributed by atoms with Crippen molar-refractivity contribution >= 4 is 20.9 Å². The molecular weight excluding hydrogens is 356 g/mol. The number of benzene rings is 2. The molecule has 1 fully saturated rings. The normalized spacial score (nSPS) is 16.0. The van der Waals surface area contributed by atoms with Crippen LogP contribution in [0.3, 0.4) is 0 Å². The molecule has 5 heteroatoms. The molecule has 140 valence electrons. The maximum Gasteiger partial charge on any atom is 0.244 e. The zero-order valence-electron chi connectivity index (χ0n) is 15.7. The summed E-state index contributed by atoms with van der Waals surface area (Å²) < 4.78 is 29.1. The summed E-state index contributed by atoms with van der Waals surface area (Å²) in [6.45, 7) is 4.38. The molecule has 1 saturated carbocycles. The van der Waals surface area contributed by atoms with Crippen LogP contribution < -0.4 is 0 Å². The average Bonchev–Trinajstić information content (AvgIpc) is 3.52. The standard InChI is InChI=1S/C22H24N2O2S/c1-16-10-13-21(20-9-6-14-23-22(16)20)27(25,26)24(17(2)19-11-12-19)15-18-7-4-3-5-8-18/h3-10,13-14,17,19H,11-12,15H2,1-2H3. The molecule has 0 N–H and O–H groups in total. The fourth-order valence-corrected chi connectivity index (χ4v) is 5.53. The van der Waals surface area contributed by atoms with Crippen LogP contribution in [0.1, 0.15) is 30.9 Å². The van der Waals surface area contributed by atoms with E-state index < -0.39 is 10.0 Å². The van der Waals surface area contributed by atoms with Crippen molar-refractivity contribution in [1.29, 1.82) is 0 Å². The lowest BCUT2D eigenvalue weighted by molar-refractivity contribution is 0.303. The van der Waals surface area contributed by atoms with Gasteiger partial charge in [-0.05, 0) is 61.9 Å². The van der Waals surface area contributed by atoms with E-state index in [9.17, 15) is 8.42 Å². The Bertz CT molecular complexity index is 1060. The quantitative estimate of drug-likeness (QED) is 0.631. The highest BCUT2D eigenvalue weighted by Gasteiger charge is 2.38.